The molecular weight excluding hydrogens is 569 g/mol. The number of sulfonamides is 1. The van der Waals surface area contributed by atoms with Gasteiger partial charge in [0.15, 0.2) is 0 Å². The highest BCUT2D eigenvalue weighted by atomic mass is 32.2. The highest BCUT2D eigenvalue weighted by Crippen LogP contribution is 2.40. The fourth-order valence-corrected chi connectivity index (χ4v) is 7.97. The van der Waals surface area contributed by atoms with Crippen LogP contribution in [0.25, 0.3) is 0 Å². The third kappa shape index (κ3) is 5.50. The van der Waals surface area contributed by atoms with Crippen LogP contribution in [0.4, 0.5) is 24.5 Å². The normalized spacial score (nSPS) is 22.4. The van der Waals surface area contributed by atoms with E-state index >= 15 is 0 Å². The molecule has 2 amide bonds. The predicted molar refractivity (Wildman–Crippen MR) is 152 cm³/mol. The summed E-state index contributed by atoms with van der Waals surface area (Å²) in [5.74, 6) is -0.104. The van der Waals surface area contributed by atoms with Crippen molar-refractivity contribution >= 4 is 33.2 Å². The van der Waals surface area contributed by atoms with Gasteiger partial charge in [0.1, 0.15) is 0 Å². The van der Waals surface area contributed by atoms with Crippen molar-refractivity contribution in [3.63, 3.8) is 0 Å². The highest BCUT2D eigenvalue weighted by Gasteiger charge is 2.41. The molecule has 3 heterocycles. The quantitative estimate of drug-likeness (QED) is 0.513. The Bertz CT molecular complexity index is 1480. The van der Waals surface area contributed by atoms with E-state index in [1.165, 1.54) is 10.4 Å². The number of hydrogen-bond donors (Lipinski definition) is 0. The van der Waals surface area contributed by atoms with Gasteiger partial charge < -0.3 is 14.7 Å². The lowest BCUT2D eigenvalue weighted by molar-refractivity contribution is -0.137. The Morgan fingerprint density at radius 1 is 0.833 bits per heavy atom. The van der Waals surface area contributed by atoms with E-state index in [0.29, 0.717) is 51.1 Å². The molecule has 0 radical (unpaired) electrons. The average molecular weight is 605 g/mol. The first-order chi connectivity index (χ1) is 19.9. The van der Waals surface area contributed by atoms with E-state index in [0.717, 1.165) is 36.2 Å². The molecule has 3 aliphatic heterocycles. The minimum Gasteiger partial charge on any atom is -0.368 e. The van der Waals surface area contributed by atoms with Crippen LogP contribution in [0.2, 0.25) is 0 Å². The van der Waals surface area contributed by atoms with Crippen LogP contribution in [-0.4, -0.2) is 74.7 Å². The summed E-state index contributed by atoms with van der Waals surface area (Å²) in [4.78, 5) is 31.7. The first-order valence-electron chi connectivity index (χ1n) is 14.6. The minimum absolute atomic E-state index is 0.000249. The molecule has 1 aliphatic carbocycles. The Balaban J connectivity index is 1.04. The van der Waals surface area contributed by atoms with Crippen molar-refractivity contribution in [2.75, 3.05) is 49.1 Å². The van der Waals surface area contributed by atoms with Gasteiger partial charge in [-0.05, 0) is 81.0 Å². The molecule has 0 bridgehead atoms. The zero-order valence-electron chi connectivity index (χ0n) is 23.5. The minimum atomic E-state index is -4.41. The van der Waals surface area contributed by atoms with Crippen molar-refractivity contribution < 1.29 is 31.2 Å². The van der Waals surface area contributed by atoms with Gasteiger partial charge in [-0.3, -0.25) is 9.59 Å². The summed E-state index contributed by atoms with van der Waals surface area (Å²) >= 11 is 0. The van der Waals surface area contributed by atoms with E-state index in [1.54, 1.807) is 29.2 Å². The second kappa shape index (κ2) is 10.9. The summed E-state index contributed by atoms with van der Waals surface area (Å²) < 4.78 is 67.8. The molecule has 1 saturated carbocycles. The lowest BCUT2D eigenvalue weighted by Gasteiger charge is -2.39. The largest absolute Gasteiger partial charge is 0.416 e. The number of piperidine rings is 1. The first-order valence-corrected chi connectivity index (χ1v) is 16.0. The Morgan fingerprint density at radius 3 is 2.14 bits per heavy atom. The van der Waals surface area contributed by atoms with Gasteiger partial charge in [-0.15, -0.1) is 0 Å². The second-order valence-electron chi connectivity index (χ2n) is 11.9. The van der Waals surface area contributed by atoms with Gasteiger partial charge >= 0.3 is 6.18 Å². The summed E-state index contributed by atoms with van der Waals surface area (Å²) in [6.07, 6.45) is -1.13. The molecule has 8 nitrogen and oxygen atoms in total. The van der Waals surface area contributed by atoms with Crippen LogP contribution < -0.4 is 9.80 Å². The van der Waals surface area contributed by atoms with E-state index in [-0.39, 0.29) is 47.7 Å². The van der Waals surface area contributed by atoms with Crippen molar-refractivity contribution in [2.24, 2.45) is 11.8 Å². The van der Waals surface area contributed by atoms with Crippen molar-refractivity contribution in [1.82, 2.24) is 9.21 Å². The van der Waals surface area contributed by atoms with E-state index in [1.807, 2.05) is 16.7 Å². The smallest absolute Gasteiger partial charge is 0.368 e. The standard InChI is InChI=1S/C30H35F3N4O4S/c1-20-17-23-18-26(7-8-27(23)37(20)29(39)21-5-6-21)42(40,41)36-11-9-22(10-12-36)28(38)35-15-13-34(14-16-35)25-4-2-3-24(19-25)30(31,32)33/h2-4,7-8,18-22H,5-6,9-17H2,1H3. The number of piperazine rings is 1. The molecule has 1 unspecified atom stereocenters. The topological polar surface area (TPSA) is 81.2 Å². The molecule has 226 valence electrons. The maximum atomic E-state index is 13.5. The van der Waals surface area contributed by atoms with Crippen LogP contribution in [0.3, 0.4) is 0 Å². The molecule has 0 aromatic heterocycles. The summed E-state index contributed by atoms with van der Waals surface area (Å²) in [7, 11) is -3.75. The van der Waals surface area contributed by atoms with Gasteiger partial charge in [-0.25, -0.2) is 8.42 Å². The summed E-state index contributed by atoms with van der Waals surface area (Å²) in [6, 6.07) is 10.3. The zero-order valence-corrected chi connectivity index (χ0v) is 24.3. The molecule has 3 fully saturated rings. The zero-order chi connectivity index (χ0) is 29.8. The number of anilines is 2. The molecule has 0 spiro atoms. The molecular formula is C30H35F3N4O4S. The first kappa shape index (κ1) is 29.0. The Hall–Kier alpha value is -3.12. The van der Waals surface area contributed by atoms with Crippen LogP contribution in [0, 0.1) is 11.8 Å². The number of fused-ring (bicyclic) bond motifs is 1. The monoisotopic (exact) mass is 604 g/mol. The molecule has 0 N–H and O–H groups in total. The van der Waals surface area contributed by atoms with E-state index < -0.39 is 21.8 Å². The third-order valence-electron chi connectivity index (χ3n) is 9.00. The number of benzene rings is 2. The number of nitrogens with zero attached hydrogens (tertiary/aromatic N) is 4. The number of rotatable bonds is 5. The molecule has 2 saturated heterocycles. The summed E-state index contributed by atoms with van der Waals surface area (Å²) in [5.41, 5.74) is 1.46. The third-order valence-corrected chi connectivity index (χ3v) is 10.9. The predicted octanol–water partition coefficient (Wildman–Crippen LogP) is 4.14. The van der Waals surface area contributed by atoms with Crippen molar-refractivity contribution in [3.05, 3.63) is 53.6 Å². The maximum Gasteiger partial charge on any atom is 0.416 e. The Morgan fingerprint density at radius 2 is 1.50 bits per heavy atom. The molecule has 6 rings (SSSR count). The van der Waals surface area contributed by atoms with Gasteiger partial charge in [0, 0.05) is 68.5 Å². The second-order valence-corrected chi connectivity index (χ2v) is 13.8. The van der Waals surface area contributed by atoms with E-state index in [2.05, 4.69) is 0 Å². The van der Waals surface area contributed by atoms with E-state index in [4.69, 9.17) is 0 Å². The van der Waals surface area contributed by atoms with Crippen LogP contribution in [-0.2, 0) is 32.2 Å². The van der Waals surface area contributed by atoms with Crippen molar-refractivity contribution in [1.29, 1.82) is 0 Å². The number of amides is 2. The molecule has 1 atom stereocenters. The number of hydrogen-bond acceptors (Lipinski definition) is 5. The molecule has 2 aromatic carbocycles. The van der Waals surface area contributed by atoms with Gasteiger partial charge in [-0.2, -0.15) is 17.5 Å². The molecule has 12 heteroatoms. The fourth-order valence-electron chi connectivity index (χ4n) is 6.45. The van der Waals surface area contributed by atoms with Gasteiger partial charge in [0.2, 0.25) is 21.8 Å². The SMILES string of the molecule is CC1Cc2cc(S(=O)(=O)N3CCC(C(=O)N4CCN(c5cccc(C(F)(F)F)c5)CC4)CC3)ccc2N1C(=O)C1CC1. The number of halogens is 3. The fraction of sp³-hybridized carbons (Fsp3) is 0.533. The molecule has 2 aromatic rings. The van der Waals surface area contributed by atoms with Gasteiger partial charge in [0.05, 0.1) is 10.5 Å². The average Bonchev–Trinajstić information content (AvgIpc) is 3.78. The molecule has 4 aliphatic rings. The van der Waals surface area contributed by atoms with Gasteiger partial charge in [0.25, 0.3) is 0 Å². The van der Waals surface area contributed by atoms with Crippen LogP contribution in [0.15, 0.2) is 47.4 Å². The Labute approximate surface area is 244 Å². The van der Waals surface area contributed by atoms with Crippen LogP contribution in [0.1, 0.15) is 43.7 Å². The van der Waals surface area contributed by atoms with Gasteiger partial charge in [-0.1, -0.05) is 6.07 Å². The number of carbonyl (C=O) groups is 2. The maximum absolute atomic E-state index is 13.5. The summed E-state index contributed by atoms with van der Waals surface area (Å²) in [6.45, 7) is 4.14. The van der Waals surface area contributed by atoms with Crippen LogP contribution in [0.5, 0.6) is 0 Å². The van der Waals surface area contributed by atoms with Crippen LogP contribution >= 0.6 is 0 Å². The number of alkyl halides is 3. The number of carbonyl (C=O) groups excluding carboxylic acids is 2. The van der Waals surface area contributed by atoms with Crippen molar-refractivity contribution in [2.45, 2.75) is 56.1 Å². The van der Waals surface area contributed by atoms with Crippen molar-refractivity contribution in [3.8, 4) is 0 Å². The lowest BCUT2D eigenvalue weighted by Crippen LogP contribution is -2.52. The summed E-state index contributed by atoms with van der Waals surface area (Å²) in [5, 5.41) is 0. The van der Waals surface area contributed by atoms with E-state index in [9.17, 15) is 31.2 Å². The molecule has 42 heavy (non-hydrogen) atoms. The lowest BCUT2D eigenvalue weighted by atomic mass is 9.96. The Kier molecular flexibility index (Phi) is 7.49. The highest BCUT2D eigenvalue weighted by molar-refractivity contribution is 7.89.